The maximum absolute atomic E-state index is 11.2. The van der Waals surface area contributed by atoms with Crippen LogP contribution in [0.25, 0.3) is 10.9 Å². The van der Waals surface area contributed by atoms with Crippen LogP contribution >= 0.6 is 15.9 Å². The van der Waals surface area contributed by atoms with E-state index in [0.29, 0.717) is 16.6 Å². The molecule has 2 aromatic carbocycles. The summed E-state index contributed by atoms with van der Waals surface area (Å²) in [6, 6.07) is 15.3. The summed E-state index contributed by atoms with van der Waals surface area (Å²) < 4.78 is 2.82. The first kappa shape index (κ1) is 13.8. The third-order valence-electron chi connectivity index (χ3n) is 3.59. The third kappa shape index (κ3) is 2.56. The highest BCUT2D eigenvalue weighted by molar-refractivity contribution is 9.10. The Morgan fingerprint density at radius 1 is 1.19 bits per heavy atom. The van der Waals surface area contributed by atoms with E-state index in [0.717, 1.165) is 16.6 Å². The number of nitrogens with zero attached hydrogens (tertiary/aromatic N) is 2. The number of hydrogen-bond acceptors (Lipinski definition) is 2. The minimum Gasteiger partial charge on any atom is -0.340 e. The Morgan fingerprint density at radius 2 is 1.95 bits per heavy atom. The van der Waals surface area contributed by atoms with Gasteiger partial charge in [0.05, 0.1) is 11.5 Å². The minimum absolute atomic E-state index is 0.140. The second kappa shape index (κ2) is 5.33. The van der Waals surface area contributed by atoms with Gasteiger partial charge in [-0.05, 0) is 36.6 Å². The molecule has 0 saturated carbocycles. The summed E-state index contributed by atoms with van der Waals surface area (Å²) in [6.45, 7) is 2.51. The number of fused-ring (bicyclic) bond motifs is 1. The molecule has 0 N–H and O–H groups in total. The molecule has 0 spiro atoms. The van der Waals surface area contributed by atoms with Crippen LogP contribution in [-0.4, -0.2) is 9.49 Å². The van der Waals surface area contributed by atoms with Gasteiger partial charge < -0.3 is 4.57 Å². The van der Waals surface area contributed by atoms with E-state index in [1.165, 1.54) is 0 Å². The van der Waals surface area contributed by atoms with Crippen molar-refractivity contribution in [3.05, 3.63) is 74.4 Å². The van der Waals surface area contributed by atoms with E-state index < -0.39 is 0 Å². The van der Waals surface area contributed by atoms with Crippen molar-refractivity contribution in [2.45, 2.75) is 13.5 Å². The summed E-state index contributed by atoms with van der Waals surface area (Å²) >= 11 is 3.29. The number of aromatic nitrogens is 1. The van der Waals surface area contributed by atoms with Gasteiger partial charge in [-0.25, -0.2) is 0 Å². The van der Waals surface area contributed by atoms with Gasteiger partial charge in [-0.3, -0.25) is 10.1 Å². The van der Waals surface area contributed by atoms with Crippen LogP contribution in [0.1, 0.15) is 11.3 Å². The van der Waals surface area contributed by atoms with Gasteiger partial charge in [0.25, 0.3) is 5.69 Å². The van der Waals surface area contributed by atoms with E-state index in [2.05, 4.69) is 32.6 Å². The van der Waals surface area contributed by atoms with E-state index in [-0.39, 0.29) is 10.6 Å². The molecule has 0 aliphatic carbocycles. The molecule has 4 nitrogen and oxygen atoms in total. The Balaban J connectivity index is 2.11. The van der Waals surface area contributed by atoms with E-state index >= 15 is 0 Å². The lowest BCUT2D eigenvalue weighted by Gasteiger charge is -2.09. The van der Waals surface area contributed by atoms with Crippen LogP contribution in [0, 0.1) is 17.0 Å². The zero-order valence-electron chi connectivity index (χ0n) is 11.4. The summed E-state index contributed by atoms with van der Waals surface area (Å²) in [6.07, 6.45) is 0. The van der Waals surface area contributed by atoms with Crippen LogP contribution in [0.4, 0.5) is 5.69 Å². The molecule has 1 aromatic heterocycles. The summed E-state index contributed by atoms with van der Waals surface area (Å²) in [7, 11) is 0. The monoisotopic (exact) mass is 344 g/mol. The van der Waals surface area contributed by atoms with Crippen LogP contribution in [0.3, 0.4) is 0 Å². The van der Waals surface area contributed by atoms with Gasteiger partial charge in [0.15, 0.2) is 0 Å². The number of para-hydroxylation sites is 1. The molecule has 3 aromatic rings. The number of hydrogen-bond donors (Lipinski definition) is 0. The fraction of sp³-hybridized carbons (Fsp3) is 0.125. The molecular weight excluding hydrogens is 332 g/mol. The van der Waals surface area contributed by atoms with Crippen molar-refractivity contribution in [1.29, 1.82) is 0 Å². The Labute approximate surface area is 130 Å². The Hall–Kier alpha value is -2.14. The largest absolute Gasteiger partial charge is 0.340 e. The summed E-state index contributed by atoms with van der Waals surface area (Å²) in [5, 5.41) is 12.4. The van der Waals surface area contributed by atoms with E-state index in [4.69, 9.17) is 0 Å². The van der Waals surface area contributed by atoms with Gasteiger partial charge in [-0.1, -0.05) is 34.1 Å². The van der Waals surface area contributed by atoms with Crippen LogP contribution in [0.5, 0.6) is 0 Å². The highest BCUT2D eigenvalue weighted by atomic mass is 79.9. The lowest BCUT2D eigenvalue weighted by Crippen LogP contribution is -2.04. The van der Waals surface area contributed by atoms with Crippen LogP contribution < -0.4 is 0 Å². The van der Waals surface area contributed by atoms with Crippen molar-refractivity contribution in [2.24, 2.45) is 0 Å². The SMILES string of the molecule is Cc1cc2ccccc2n1Cc1ccc(Br)cc1[N+](=O)[O-]. The molecule has 0 amide bonds. The minimum atomic E-state index is -0.332. The number of aryl methyl sites for hydroxylation is 1. The molecule has 3 rings (SSSR count). The zero-order chi connectivity index (χ0) is 15.0. The van der Waals surface area contributed by atoms with Crippen molar-refractivity contribution in [1.82, 2.24) is 4.57 Å². The standard InChI is InChI=1S/C16H13BrN2O2/c1-11-8-12-4-2-3-5-15(12)18(11)10-13-6-7-14(17)9-16(13)19(20)21/h2-9H,10H2,1H3. The summed E-state index contributed by atoms with van der Waals surface area (Å²) in [4.78, 5) is 10.9. The molecule has 21 heavy (non-hydrogen) atoms. The van der Waals surface area contributed by atoms with Crippen LogP contribution in [-0.2, 0) is 6.54 Å². The molecule has 0 aliphatic heterocycles. The Morgan fingerprint density at radius 3 is 2.71 bits per heavy atom. The number of nitro benzene ring substituents is 1. The van der Waals surface area contributed by atoms with Crippen molar-refractivity contribution < 1.29 is 4.92 Å². The molecule has 1 heterocycles. The second-order valence-corrected chi connectivity index (χ2v) is 5.88. The van der Waals surface area contributed by atoms with Gasteiger partial charge in [-0.15, -0.1) is 0 Å². The highest BCUT2D eigenvalue weighted by Crippen LogP contribution is 2.27. The molecular formula is C16H13BrN2O2. The van der Waals surface area contributed by atoms with Crippen molar-refractivity contribution in [2.75, 3.05) is 0 Å². The Bertz CT molecular complexity index is 839. The molecule has 0 unspecified atom stereocenters. The predicted molar refractivity (Wildman–Crippen MR) is 86.6 cm³/mol. The number of benzene rings is 2. The molecule has 0 atom stereocenters. The van der Waals surface area contributed by atoms with E-state index in [1.54, 1.807) is 12.1 Å². The molecule has 0 fully saturated rings. The predicted octanol–water partition coefficient (Wildman–Crippen LogP) is 4.67. The molecule has 0 radical (unpaired) electrons. The van der Waals surface area contributed by atoms with Gasteiger partial charge in [0.1, 0.15) is 0 Å². The average molecular weight is 345 g/mol. The van der Waals surface area contributed by atoms with Crippen LogP contribution in [0.15, 0.2) is 53.0 Å². The average Bonchev–Trinajstić information content (AvgIpc) is 2.77. The molecule has 0 saturated heterocycles. The zero-order valence-corrected chi connectivity index (χ0v) is 13.0. The highest BCUT2D eigenvalue weighted by Gasteiger charge is 2.16. The number of halogens is 1. The first-order valence-corrected chi connectivity index (χ1v) is 7.33. The van der Waals surface area contributed by atoms with Crippen molar-refractivity contribution in [3.63, 3.8) is 0 Å². The first-order valence-electron chi connectivity index (χ1n) is 6.54. The quantitative estimate of drug-likeness (QED) is 0.512. The van der Waals surface area contributed by atoms with Crippen LogP contribution in [0.2, 0.25) is 0 Å². The Kier molecular flexibility index (Phi) is 3.51. The molecule has 0 aliphatic rings. The van der Waals surface area contributed by atoms with Gasteiger partial charge in [0, 0.05) is 27.3 Å². The van der Waals surface area contributed by atoms with Crippen molar-refractivity contribution >= 4 is 32.5 Å². The number of nitro groups is 1. The summed E-state index contributed by atoms with van der Waals surface area (Å²) in [5.41, 5.74) is 3.02. The van der Waals surface area contributed by atoms with E-state index in [1.807, 2.05) is 31.2 Å². The molecule has 5 heteroatoms. The molecule has 106 valence electrons. The lowest BCUT2D eigenvalue weighted by atomic mass is 10.1. The van der Waals surface area contributed by atoms with Gasteiger partial charge >= 0.3 is 0 Å². The third-order valence-corrected chi connectivity index (χ3v) is 4.08. The topological polar surface area (TPSA) is 48.1 Å². The fourth-order valence-electron chi connectivity index (χ4n) is 2.57. The van der Waals surface area contributed by atoms with Gasteiger partial charge in [-0.2, -0.15) is 0 Å². The first-order chi connectivity index (χ1) is 10.1. The normalized spacial score (nSPS) is 11.0. The van der Waals surface area contributed by atoms with Gasteiger partial charge in [0.2, 0.25) is 0 Å². The lowest BCUT2D eigenvalue weighted by molar-refractivity contribution is -0.385. The number of rotatable bonds is 3. The fourth-order valence-corrected chi connectivity index (χ4v) is 2.92. The smallest absolute Gasteiger partial charge is 0.275 e. The maximum atomic E-state index is 11.2. The van der Waals surface area contributed by atoms with Crippen molar-refractivity contribution in [3.8, 4) is 0 Å². The summed E-state index contributed by atoms with van der Waals surface area (Å²) in [5.74, 6) is 0. The van der Waals surface area contributed by atoms with E-state index in [9.17, 15) is 10.1 Å². The molecule has 0 bridgehead atoms. The second-order valence-electron chi connectivity index (χ2n) is 4.96. The maximum Gasteiger partial charge on any atom is 0.275 e.